The van der Waals surface area contributed by atoms with Crippen LogP contribution in [0.4, 0.5) is 0 Å². The van der Waals surface area contributed by atoms with E-state index in [1.165, 1.54) is 17.0 Å². The molecule has 7 heavy (non-hydrogen) atoms. The van der Waals surface area contributed by atoms with Gasteiger partial charge in [-0.2, -0.15) is 0 Å². The Morgan fingerprint density at radius 3 is 2.00 bits per heavy atom. The lowest BCUT2D eigenvalue weighted by Crippen LogP contribution is -1.80. The monoisotopic (exact) mass is 227 g/mol. The molecule has 43 valence electrons. The van der Waals surface area contributed by atoms with Gasteiger partial charge in [-0.15, -0.1) is 34.5 Å². The lowest BCUT2D eigenvalue weighted by Gasteiger charge is -1.82. The second-order valence-electron chi connectivity index (χ2n) is 1.49. The van der Waals surface area contributed by atoms with Crippen LogP contribution in [0.15, 0.2) is 0 Å². The van der Waals surface area contributed by atoms with Crippen LogP contribution < -0.4 is 0 Å². The third kappa shape index (κ3) is 11.1. The van der Waals surface area contributed by atoms with Crippen molar-refractivity contribution in [2.45, 2.75) is 30.8 Å². The van der Waals surface area contributed by atoms with E-state index in [1.54, 1.807) is 0 Å². The van der Waals surface area contributed by atoms with E-state index in [0.29, 0.717) is 0 Å². The van der Waals surface area contributed by atoms with E-state index in [1.807, 2.05) is 0 Å². The van der Waals surface area contributed by atoms with Crippen molar-refractivity contribution in [2.24, 2.45) is 0 Å². The fraction of sp³-hybridized carbons (Fsp3) is 1.00. The first-order valence-electron chi connectivity index (χ1n) is 2.73. The Morgan fingerprint density at radius 1 is 1.29 bits per heavy atom. The minimum atomic E-state index is 0. The quantitative estimate of drug-likeness (QED) is 0.395. The summed E-state index contributed by atoms with van der Waals surface area (Å²) in [4.78, 5) is 0. The Balaban J connectivity index is 0. The van der Waals surface area contributed by atoms with Crippen molar-refractivity contribution >= 4 is 39.2 Å². The molecule has 0 aromatic rings. The molecule has 0 aliphatic heterocycles. The summed E-state index contributed by atoms with van der Waals surface area (Å²) >= 11 is 0.818. The number of hydrogen-bond acceptors (Lipinski definition) is 0. The van der Waals surface area contributed by atoms with Crippen LogP contribution in [0.3, 0.4) is 0 Å². The molecule has 0 heterocycles. The van der Waals surface area contributed by atoms with Gasteiger partial charge in [-0.3, -0.25) is 0 Å². The van der Waals surface area contributed by atoms with Gasteiger partial charge in [0.1, 0.15) is 0 Å². The van der Waals surface area contributed by atoms with Crippen LogP contribution in [-0.2, 0) is 0 Å². The normalized spacial score (nSPS) is 7.14. The molecule has 0 saturated heterocycles. The van der Waals surface area contributed by atoms with Gasteiger partial charge in [-0.1, -0.05) is 20.3 Å². The number of halogens is 1. The van der Waals surface area contributed by atoms with Crippen molar-refractivity contribution in [1.29, 1.82) is 0 Å². The second-order valence-corrected chi connectivity index (χ2v) is 3.46. The summed E-state index contributed by atoms with van der Waals surface area (Å²) in [5.41, 5.74) is 0. The Kier molecular flexibility index (Phi) is 16.3. The second kappa shape index (κ2) is 10.3. The van der Waals surface area contributed by atoms with Gasteiger partial charge in [-0.05, 0) is 0 Å². The van der Waals surface area contributed by atoms with Gasteiger partial charge in [0.2, 0.25) is 0 Å². The zero-order valence-corrected chi connectivity index (χ0v) is 8.59. The van der Waals surface area contributed by atoms with E-state index in [-0.39, 0.29) is 24.0 Å². The molecule has 2 heteroatoms. The topological polar surface area (TPSA) is 0 Å². The van der Waals surface area contributed by atoms with Gasteiger partial charge in [0.25, 0.3) is 0 Å². The molecular formula is C5H13AlI. The molecule has 1 radical (unpaired) electrons. The molecule has 0 aliphatic carbocycles. The van der Waals surface area contributed by atoms with Gasteiger partial charge >= 0.3 is 0 Å². The fourth-order valence-corrected chi connectivity index (χ4v) is 1.22. The average Bonchev–Trinajstić information content (AvgIpc) is 1.61. The lowest BCUT2D eigenvalue weighted by molar-refractivity contribution is 1.07. The van der Waals surface area contributed by atoms with E-state index >= 15 is 0 Å². The predicted octanol–water partition coefficient (Wildman–Crippen LogP) is 2.58. The Bertz CT molecular complexity index is 20.0. The standard InChI is InChI=1S/C3H7.C2H5.Al.HI/c1-3-2;1-2;;/h1,3H2,2H3;1H2,2H3;;1H. The largest absolute Gasteiger partial charge is 0.199 e. The van der Waals surface area contributed by atoms with Crippen molar-refractivity contribution < 1.29 is 0 Å². The average molecular weight is 227 g/mol. The van der Waals surface area contributed by atoms with Crippen LogP contribution >= 0.6 is 24.0 Å². The summed E-state index contributed by atoms with van der Waals surface area (Å²) in [5, 5.41) is 2.93. The van der Waals surface area contributed by atoms with Crippen LogP contribution in [-0.4, -0.2) is 15.2 Å². The van der Waals surface area contributed by atoms with Gasteiger partial charge in [0, 0.05) is 0 Å². The zero-order chi connectivity index (χ0) is 4.83. The summed E-state index contributed by atoms with van der Waals surface area (Å²) < 4.78 is 0. The molecule has 0 nitrogen and oxygen atoms in total. The maximum atomic E-state index is 2.27. The summed E-state index contributed by atoms with van der Waals surface area (Å²) in [7, 11) is 0. The summed E-state index contributed by atoms with van der Waals surface area (Å²) in [6, 6.07) is 0. The molecule has 0 saturated carbocycles. The van der Waals surface area contributed by atoms with Crippen LogP contribution in [0.5, 0.6) is 0 Å². The first kappa shape index (κ1) is 11.1. The first-order chi connectivity index (χ1) is 2.91. The van der Waals surface area contributed by atoms with Crippen LogP contribution in [0.2, 0.25) is 10.6 Å². The van der Waals surface area contributed by atoms with Gasteiger partial charge in [0.15, 0.2) is 15.2 Å². The van der Waals surface area contributed by atoms with E-state index in [0.717, 1.165) is 15.2 Å². The van der Waals surface area contributed by atoms with Crippen molar-refractivity contribution in [1.82, 2.24) is 0 Å². The highest BCUT2D eigenvalue weighted by atomic mass is 127. The van der Waals surface area contributed by atoms with Crippen molar-refractivity contribution in [2.75, 3.05) is 0 Å². The third-order valence-corrected chi connectivity index (χ3v) is 2.34. The third-order valence-electron chi connectivity index (χ3n) is 0.781. The Morgan fingerprint density at radius 2 is 1.86 bits per heavy atom. The molecule has 0 spiro atoms. The maximum absolute atomic E-state index is 2.27. The van der Waals surface area contributed by atoms with Crippen LogP contribution in [0.25, 0.3) is 0 Å². The van der Waals surface area contributed by atoms with Gasteiger partial charge in [-0.25, -0.2) is 0 Å². The smallest absolute Gasteiger partial charge is 0.107 e. The molecule has 0 aliphatic rings. The van der Waals surface area contributed by atoms with Gasteiger partial charge in [0.05, 0.1) is 0 Å². The molecular weight excluding hydrogens is 214 g/mol. The molecule has 0 rings (SSSR count). The summed E-state index contributed by atoms with van der Waals surface area (Å²) in [6.07, 6.45) is 1.39. The van der Waals surface area contributed by atoms with E-state index < -0.39 is 0 Å². The predicted molar refractivity (Wildman–Crippen MR) is 46.7 cm³/mol. The number of rotatable bonds is 3. The van der Waals surface area contributed by atoms with Gasteiger partial charge < -0.3 is 0 Å². The minimum Gasteiger partial charge on any atom is -0.107 e. The minimum absolute atomic E-state index is 0. The molecule has 0 fully saturated rings. The summed E-state index contributed by atoms with van der Waals surface area (Å²) in [6.45, 7) is 4.52. The SMILES string of the molecule is CC[CH2][Al][CH2]C.I. The fourth-order valence-electron chi connectivity index (χ4n) is 0.408. The maximum Gasteiger partial charge on any atom is 0.199 e. The Hall–Kier alpha value is 1.26. The molecule has 0 aromatic heterocycles. The molecule has 0 unspecified atom stereocenters. The van der Waals surface area contributed by atoms with Crippen molar-refractivity contribution in [3.63, 3.8) is 0 Å². The highest BCUT2D eigenvalue weighted by molar-refractivity contribution is 14.0. The van der Waals surface area contributed by atoms with Crippen LogP contribution in [0.1, 0.15) is 20.3 Å². The zero-order valence-electron chi connectivity index (χ0n) is 5.11. The van der Waals surface area contributed by atoms with E-state index in [9.17, 15) is 0 Å². The number of hydrogen-bond donors (Lipinski definition) is 0. The Labute approximate surface area is 69.8 Å². The van der Waals surface area contributed by atoms with E-state index in [4.69, 9.17) is 0 Å². The highest BCUT2D eigenvalue weighted by Crippen LogP contribution is 1.86. The summed E-state index contributed by atoms with van der Waals surface area (Å²) in [5.74, 6) is 0. The molecule has 0 bridgehead atoms. The molecule has 0 atom stereocenters. The molecule has 0 aromatic carbocycles. The molecule has 0 N–H and O–H groups in total. The first-order valence-corrected chi connectivity index (χ1v) is 4.36. The van der Waals surface area contributed by atoms with Crippen molar-refractivity contribution in [3.8, 4) is 0 Å². The van der Waals surface area contributed by atoms with Crippen molar-refractivity contribution in [3.05, 3.63) is 0 Å². The lowest BCUT2D eigenvalue weighted by atomic mass is 10.6. The molecule has 0 amide bonds. The van der Waals surface area contributed by atoms with E-state index in [2.05, 4.69) is 13.8 Å². The van der Waals surface area contributed by atoms with Crippen LogP contribution in [0, 0.1) is 0 Å². The highest BCUT2D eigenvalue weighted by Gasteiger charge is 1.80.